The lowest BCUT2D eigenvalue weighted by Gasteiger charge is -2.31. The van der Waals surface area contributed by atoms with Crippen molar-refractivity contribution in [3.63, 3.8) is 0 Å². The lowest BCUT2D eigenvalue weighted by Crippen LogP contribution is -2.41. The first-order chi connectivity index (χ1) is 9.15. The molecule has 0 aromatic heterocycles. The van der Waals surface area contributed by atoms with E-state index in [1.54, 1.807) is 0 Å². The van der Waals surface area contributed by atoms with E-state index in [0.717, 1.165) is 38.6 Å². The van der Waals surface area contributed by atoms with Gasteiger partial charge in [0.1, 0.15) is 0 Å². The van der Waals surface area contributed by atoms with Crippen LogP contribution in [0.25, 0.3) is 0 Å². The van der Waals surface area contributed by atoms with Crippen molar-refractivity contribution in [1.29, 1.82) is 0 Å². The average molecular weight is 307 g/mol. The van der Waals surface area contributed by atoms with Gasteiger partial charge in [0.25, 0.3) is 0 Å². The molecule has 0 bridgehead atoms. The maximum Gasteiger partial charge on any atom is 0.321 e. The predicted molar refractivity (Wildman–Crippen MR) is 82.2 cm³/mol. The summed E-state index contributed by atoms with van der Waals surface area (Å²) in [6.07, 6.45) is 2.75. The van der Waals surface area contributed by atoms with Gasteiger partial charge in [-0.1, -0.05) is 6.92 Å². The molecule has 7 heteroatoms. The Balaban J connectivity index is 0.00000361. The summed E-state index contributed by atoms with van der Waals surface area (Å²) in [5, 5.41) is 8.03. The van der Waals surface area contributed by atoms with Gasteiger partial charge in [-0.25, -0.2) is 4.79 Å². The Labute approximate surface area is 127 Å². The van der Waals surface area contributed by atoms with Gasteiger partial charge in [0.2, 0.25) is 5.91 Å². The molecule has 118 valence electrons. The molecular formula is C13H27ClN4O2. The van der Waals surface area contributed by atoms with Crippen LogP contribution in [0.5, 0.6) is 0 Å². The van der Waals surface area contributed by atoms with Gasteiger partial charge in [-0.3, -0.25) is 10.1 Å². The summed E-state index contributed by atoms with van der Waals surface area (Å²) >= 11 is 0. The number of nitrogens with zero attached hydrogens (tertiary/aromatic N) is 1. The number of halogens is 1. The predicted octanol–water partition coefficient (Wildman–Crippen LogP) is 0.575. The summed E-state index contributed by atoms with van der Waals surface area (Å²) in [4.78, 5) is 24.7. The SMILES string of the molecule is CCNCC1CCN(CCC(=O)NC(=O)NC)CC1.Cl. The minimum absolute atomic E-state index is 0. The van der Waals surface area contributed by atoms with E-state index in [9.17, 15) is 9.59 Å². The van der Waals surface area contributed by atoms with Crippen LogP contribution in [-0.2, 0) is 4.79 Å². The minimum Gasteiger partial charge on any atom is -0.341 e. The summed E-state index contributed by atoms with van der Waals surface area (Å²) in [5.74, 6) is 0.546. The highest BCUT2D eigenvalue weighted by atomic mass is 35.5. The van der Waals surface area contributed by atoms with E-state index >= 15 is 0 Å². The van der Waals surface area contributed by atoms with Crippen molar-refractivity contribution in [2.45, 2.75) is 26.2 Å². The monoisotopic (exact) mass is 306 g/mol. The zero-order valence-corrected chi connectivity index (χ0v) is 13.2. The van der Waals surface area contributed by atoms with Gasteiger partial charge >= 0.3 is 6.03 Å². The Bertz CT molecular complexity index is 294. The maximum atomic E-state index is 11.5. The molecule has 6 nitrogen and oxygen atoms in total. The Morgan fingerprint density at radius 2 is 1.90 bits per heavy atom. The van der Waals surface area contributed by atoms with Gasteiger partial charge < -0.3 is 15.5 Å². The first-order valence-electron chi connectivity index (χ1n) is 7.10. The number of urea groups is 1. The van der Waals surface area contributed by atoms with Gasteiger partial charge in [0.15, 0.2) is 0 Å². The Hall–Kier alpha value is -0.850. The maximum absolute atomic E-state index is 11.5. The zero-order valence-electron chi connectivity index (χ0n) is 12.4. The third-order valence-electron chi connectivity index (χ3n) is 3.53. The summed E-state index contributed by atoms with van der Waals surface area (Å²) in [7, 11) is 1.50. The summed E-state index contributed by atoms with van der Waals surface area (Å²) in [6.45, 7) is 7.07. The molecule has 0 spiro atoms. The number of amides is 3. The average Bonchev–Trinajstić information content (AvgIpc) is 2.43. The molecule has 0 aliphatic carbocycles. The Kier molecular flexibility index (Phi) is 10.4. The topological polar surface area (TPSA) is 73.5 Å². The summed E-state index contributed by atoms with van der Waals surface area (Å²) in [6, 6.07) is -0.436. The van der Waals surface area contributed by atoms with Crippen LogP contribution in [0.4, 0.5) is 4.79 Å². The fourth-order valence-corrected chi connectivity index (χ4v) is 2.27. The molecule has 1 rings (SSSR count). The minimum atomic E-state index is -0.436. The van der Waals surface area contributed by atoms with Crippen molar-refractivity contribution in [1.82, 2.24) is 20.9 Å². The molecule has 1 aliphatic heterocycles. The molecule has 3 amide bonds. The van der Waals surface area contributed by atoms with Crippen molar-refractivity contribution >= 4 is 24.3 Å². The fraction of sp³-hybridized carbons (Fsp3) is 0.846. The molecule has 0 saturated carbocycles. The number of hydrogen-bond donors (Lipinski definition) is 3. The Morgan fingerprint density at radius 3 is 2.45 bits per heavy atom. The van der Waals surface area contributed by atoms with Gasteiger partial charge in [0.05, 0.1) is 0 Å². The quantitative estimate of drug-likeness (QED) is 0.671. The van der Waals surface area contributed by atoms with Crippen LogP contribution < -0.4 is 16.0 Å². The Morgan fingerprint density at radius 1 is 1.25 bits per heavy atom. The number of nitrogens with one attached hydrogen (secondary N) is 3. The second kappa shape index (κ2) is 10.9. The van der Waals surface area contributed by atoms with Crippen LogP contribution >= 0.6 is 12.4 Å². The van der Waals surface area contributed by atoms with E-state index in [2.05, 4.69) is 27.8 Å². The van der Waals surface area contributed by atoms with Crippen molar-refractivity contribution in [3.8, 4) is 0 Å². The second-order valence-electron chi connectivity index (χ2n) is 4.97. The largest absolute Gasteiger partial charge is 0.341 e. The van der Waals surface area contributed by atoms with Crippen LogP contribution in [0.3, 0.4) is 0 Å². The fourth-order valence-electron chi connectivity index (χ4n) is 2.27. The second-order valence-corrected chi connectivity index (χ2v) is 4.97. The van der Waals surface area contributed by atoms with Crippen molar-refractivity contribution in [2.75, 3.05) is 39.8 Å². The first kappa shape index (κ1) is 19.1. The highest BCUT2D eigenvalue weighted by molar-refractivity contribution is 5.94. The van der Waals surface area contributed by atoms with E-state index in [0.29, 0.717) is 6.42 Å². The first-order valence-corrected chi connectivity index (χ1v) is 7.10. The normalized spacial score (nSPS) is 16.3. The number of hydrogen-bond acceptors (Lipinski definition) is 4. The number of piperidine rings is 1. The van der Waals surface area contributed by atoms with Crippen molar-refractivity contribution < 1.29 is 9.59 Å². The van der Waals surface area contributed by atoms with Crippen LogP contribution in [0.1, 0.15) is 26.2 Å². The lowest BCUT2D eigenvalue weighted by molar-refractivity contribution is -0.120. The summed E-state index contributed by atoms with van der Waals surface area (Å²) in [5.41, 5.74) is 0. The van der Waals surface area contributed by atoms with E-state index in [1.165, 1.54) is 19.9 Å². The lowest BCUT2D eigenvalue weighted by atomic mass is 9.96. The number of rotatable bonds is 6. The van der Waals surface area contributed by atoms with E-state index in [-0.39, 0.29) is 18.3 Å². The molecular weight excluding hydrogens is 280 g/mol. The van der Waals surface area contributed by atoms with Crippen LogP contribution in [-0.4, -0.2) is 56.6 Å². The molecule has 3 N–H and O–H groups in total. The van der Waals surface area contributed by atoms with E-state index in [1.807, 2.05) is 0 Å². The molecule has 0 unspecified atom stereocenters. The van der Waals surface area contributed by atoms with Gasteiger partial charge in [0, 0.05) is 20.0 Å². The van der Waals surface area contributed by atoms with Crippen molar-refractivity contribution in [2.24, 2.45) is 5.92 Å². The third-order valence-corrected chi connectivity index (χ3v) is 3.53. The van der Waals surface area contributed by atoms with Crippen LogP contribution in [0.2, 0.25) is 0 Å². The van der Waals surface area contributed by atoms with Crippen molar-refractivity contribution in [3.05, 3.63) is 0 Å². The van der Waals surface area contributed by atoms with Crippen LogP contribution in [0.15, 0.2) is 0 Å². The van der Waals surface area contributed by atoms with Gasteiger partial charge in [-0.2, -0.15) is 0 Å². The third kappa shape index (κ3) is 7.67. The number of carbonyl (C=O) groups is 2. The molecule has 1 fully saturated rings. The number of carbonyl (C=O) groups excluding carboxylic acids is 2. The molecule has 20 heavy (non-hydrogen) atoms. The highest BCUT2D eigenvalue weighted by Crippen LogP contribution is 2.16. The number of imide groups is 1. The smallest absolute Gasteiger partial charge is 0.321 e. The van der Waals surface area contributed by atoms with Gasteiger partial charge in [-0.15, -0.1) is 12.4 Å². The van der Waals surface area contributed by atoms with E-state index in [4.69, 9.17) is 0 Å². The molecule has 1 aliphatic rings. The zero-order chi connectivity index (χ0) is 14.1. The molecule has 0 radical (unpaired) electrons. The molecule has 0 aromatic carbocycles. The molecule has 1 heterocycles. The molecule has 0 aromatic rings. The standard InChI is InChI=1S/C13H26N4O2.ClH/c1-3-15-10-11-4-7-17(8-5-11)9-6-12(18)16-13(19)14-2;/h11,15H,3-10H2,1-2H3,(H2,14,16,18,19);1H. The van der Waals surface area contributed by atoms with Crippen LogP contribution in [0, 0.1) is 5.92 Å². The highest BCUT2D eigenvalue weighted by Gasteiger charge is 2.19. The van der Waals surface area contributed by atoms with Gasteiger partial charge in [-0.05, 0) is 44.9 Å². The molecule has 1 saturated heterocycles. The number of likely N-dealkylation sites (tertiary alicyclic amines) is 1. The summed E-state index contributed by atoms with van der Waals surface area (Å²) < 4.78 is 0. The van der Waals surface area contributed by atoms with E-state index < -0.39 is 6.03 Å². The molecule has 0 atom stereocenters.